The Morgan fingerprint density at radius 1 is 1.44 bits per heavy atom. The molecule has 25 heavy (non-hydrogen) atoms. The summed E-state index contributed by atoms with van der Waals surface area (Å²) in [7, 11) is 0. The maximum atomic E-state index is 13.1. The number of nitrogens with zero attached hydrogens (tertiary/aromatic N) is 3. The van der Waals surface area contributed by atoms with Crippen molar-refractivity contribution in [3.63, 3.8) is 0 Å². The summed E-state index contributed by atoms with van der Waals surface area (Å²) in [6, 6.07) is 4.96. The van der Waals surface area contributed by atoms with Gasteiger partial charge in [-0.1, -0.05) is 18.1 Å². The summed E-state index contributed by atoms with van der Waals surface area (Å²) in [6.07, 6.45) is 2.33. The topological polar surface area (TPSA) is 97.6 Å². The number of nitrogens with one attached hydrogen (secondary N) is 1. The zero-order valence-corrected chi connectivity index (χ0v) is 13.8. The molecule has 2 aromatic rings. The fourth-order valence-electron chi connectivity index (χ4n) is 3.26. The molecule has 1 atom stereocenters. The van der Waals surface area contributed by atoms with E-state index in [4.69, 9.17) is 9.26 Å². The second-order valence-electron chi connectivity index (χ2n) is 6.08. The van der Waals surface area contributed by atoms with Gasteiger partial charge in [-0.15, -0.1) is 0 Å². The first-order chi connectivity index (χ1) is 12.2. The van der Waals surface area contributed by atoms with E-state index in [9.17, 15) is 9.59 Å². The highest BCUT2D eigenvalue weighted by molar-refractivity contribution is 6.03. The first kappa shape index (κ1) is 15.6. The van der Waals surface area contributed by atoms with Gasteiger partial charge in [-0.25, -0.2) is 0 Å². The number of hydrogen-bond donors (Lipinski definition) is 1. The van der Waals surface area contributed by atoms with Crippen LogP contribution in [0.5, 0.6) is 5.75 Å². The standard InChI is InChI=1S/C17H18N4O4/c1-2-14-19-16(20-25-14)12-7-4-8-21(12)17(23)10-5-3-6-11-15(10)24-9-13(22)18-11/h3,5-6,12H,2,4,7-9H2,1H3,(H,18,22). The molecule has 8 nitrogen and oxygen atoms in total. The van der Waals surface area contributed by atoms with Crippen molar-refractivity contribution >= 4 is 17.5 Å². The van der Waals surface area contributed by atoms with E-state index in [-0.39, 0.29) is 24.5 Å². The van der Waals surface area contributed by atoms with Crippen LogP contribution in [0.1, 0.15) is 47.9 Å². The van der Waals surface area contributed by atoms with Crippen LogP contribution in [0.2, 0.25) is 0 Å². The maximum absolute atomic E-state index is 13.1. The Morgan fingerprint density at radius 3 is 3.12 bits per heavy atom. The number of carbonyl (C=O) groups is 2. The largest absolute Gasteiger partial charge is 0.481 e. The lowest BCUT2D eigenvalue weighted by atomic mass is 10.1. The third kappa shape index (κ3) is 2.73. The van der Waals surface area contributed by atoms with Gasteiger partial charge in [0.2, 0.25) is 5.89 Å². The van der Waals surface area contributed by atoms with Crippen molar-refractivity contribution in [3.8, 4) is 5.75 Å². The summed E-state index contributed by atoms with van der Waals surface area (Å²) in [6.45, 7) is 2.47. The van der Waals surface area contributed by atoms with Crippen LogP contribution >= 0.6 is 0 Å². The Labute approximate surface area is 144 Å². The first-order valence-electron chi connectivity index (χ1n) is 8.36. The molecule has 0 aliphatic carbocycles. The Balaban J connectivity index is 1.64. The third-order valence-corrected chi connectivity index (χ3v) is 4.47. The van der Waals surface area contributed by atoms with E-state index in [0.717, 1.165) is 12.8 Å². The van der Waals surface area contributed by atoms with Gasteiger partial charge < -0.3 is 19.5 Å². The molecule has 1 saturated heterocycles. The minimum absolute atomic E-state index is 0.0918. The Morgan fingerprint density at radius 2 is 2.32 bits per heavy atom. The molecule has 8 heteroatoms. The molecule has 1 fully saturated rings. The number of rotatable bonds is 3. The van der Waals surface area contributed by atoms with Gasteiger partial charge in [0.25, 0.3) is 11.8 Å². The summed E-state index contributed by atoms with van der Waals surface area (Å²) in [5.41, 5.74) is 0.953. The number of aromatic nitrogens is 2. The lowest BCUT2D eigenvalue weighted by Crippen LogP contribution is -2.33. The van der Waals surface area contributed by atoms with Crippen molar-refractivity contribution in [3.05, 3.63) is 35.5 Å². The van der Waals surface area contributed by atoms with Gasteiger partial charge in [-0.3, -0.25) is 9.59 Å². The smallest absolute Gasteiger partial charge is 0.262 e. The summed E-state index contributed by atoms with van der Waals surface area (Å²) < 4.78 is 10.7. The second-order valence-corrected chi connectivity index (χ2v) is 6.08. The van der Waals surface area contributed by atoms with Crippen LogP contribution in [0.15, 0.2) is 22.7 Å². The average molecular weight is 342 g/mol. The van der Waals surface area contributed by atoms with Crippen molar-refractivity contribution in [2.75, 3.05) is 18.5 Å². The molecule has 1 aromatic heterocycles. The second kappa shape index (κ2) is 6.19. The van der Waals surface area contributed by atoms with E-state index >= 15 is 0 Å². The number of hydrogen-bond acceptors (Lipinski definition) is 6. The molecule has 1 N–H and O–H groups in total. The lowest BCUT2D eigenvalue weighted by Gasteiger charge is -2.25. The van der Waals surface area contributed by atoms with Crippen molar-refractivity contribution in [2.24, 2.45) is 0 Å². The number of fused-ring (bicyclic) bond motifs is 1. The highest BCUT2D eigenvalue weighted by Crippen LogP contribution is 2.36. The van der Waals surface area contributed by atoms with Crippen molar-refractivity contribution < 1.29 is 18.8 Å². The van der Waals surface area contributed by atoms with Crippen molar-refractivity contribution in [1.82, 2.24) is 15.0 Å². The van der Waals surface area contributed by atoms with Gasteiger partial charge in [0, 0.05) is 13.0 Å². The van der Waals surface area contributed by atoms with Gasteiger partial charge in [-0.05, 0) is 25.0 Å². The third-order valence-electron chi connectivity index (χ3n) is 4.47. The van der Waals surface area contributed by atoms with E-state index in [1.54, 1.807) is 23.1 Å². The van der Waals surface area contributed by atoms with E-state index in [2.05, 4.69) is 15.5 Å². The predicted molar refractivity (Wildman–Crippen MR) is 87.3 cm³/mol. The summed E-state index contributed by atoms with van der Waals surface area (Å²) in [5.74, 6) is 1.15. The van der Waals surface area contributed by atoms with E-state index in [0.29, 0.717) is 41.7 Å². The van der Waals surface area contributed by atoms with Crippen LogP contribution < -0.4 is 10.1 Å². The van der Waals surface area contributed by atoms with Crippen LogP contribution in [0, 0.1) is 0 Å². The number of benzene rings is 1. The molecule has 0 saturated carbocycles. The van der Waals surface area contributed by atoms with E-state index < -0.39 is 0 Å². The van der Waals surface area contributed by atoms with Crippen LogP contribution in [0.4, 0.5) is 5.69 Å². The number of likely N-dealkylation sites (tertiary alicyclic amines) is 1. The summed E-state index contributed by atoms with van der Waals surface area (Å²) in [4.78, 5) is 30.7. The molecule has 0 radical (unpaired) electrons. The maximum Gasteiger partial charge on any atom is 0.262 e. The number of anilines is 1. The number of carbonyl (C=O) groups excluding carboxylic acids is 2. The number of amides is 2. The van der Waals surface area contributed by atoms with Gasteiger partial charge >= 0.3 is 0 Å². The zero-order valence-electron chi connectivity index (χ0n) is 13.8. The Kier molecular flexibility index (Phi) is 3.87. The fraction of sp³-hybridized carbons (Fsp3) is 0.412. The average Bonchev–Trinajstić information content (AvgIpc) is 3.29. The quantitative estimate of drug-likeness (QED) is 0.915. The molecule has 2 amide bonds. The Hall–Kier alpha value is -2.90. The van der Waals surface area contributed by atoms with Crippen molar-refractivity contribution in [1.29, 1.82) is 0 Å². The molecule has 2 aliphatic rings. The fourth-order valence-corrected chi connectivity index (χ4v) is 3.26. The van der Waals surface area contributed by atoms with Gasteiger partial charge in [-0.2, -0.15) is 4.98 Å². The molecule has 1 aromatic carbocycles. The van der Waals surface area contributed by atoms with Crippen LogP contribution in [-0.2, 0) is 11.2 Å². The molecule has 4 rings (SSSR count). The molecular weight excluding hydrogens is 324 g/mol. The van der Waals surface area contributed by atoms with Gasteiger partial charge in [0.15, 0.2) is 18.2 Å². The predicted octanol–water partition coefficient (Wildman–Crippen LogP) is 1.94. The highest BCUT2D eigenvalue weighted by atomic mass is 16.5. The molecule has 1 unspecified atom stereocenters. The first-order valence-corrected chi connectivity index (χ1v) is 8.36. The molecule has 130 valence electrons. The monoisotopic (exact) mass is 342 g/mol. The van der Waals surface area contributed by atoms with Gasteiger partial charge in [0.1, 0.15) is 0 Å². The SMILES string of the molecule is CCc1nc(C2CCCN2C(=O)c2cccc3c2OCC(=O)N3)no1. The lowest BCUT2D eigenvalue weighted by molar-refractivity contribution is -0.118. The van der Waals surface area contributed by atoms with Crippen molar-refractivity contribution in [2.45, 2.75) is 32.2 Å². The molecule has 2 aliphatic heterocycles. The van der Waals surface area contributed by atoms with E-state index in [1.807, 2.05) is 6.92 Å². The molecule has 0 bridgehead atoms. The minimum Gasteiger partial charge on any atom is -0.481 e. The molecule has 0 spiro atoms. The van der Waals surface area contributed by atoms with Gasteiger partial charge in [0.05, 0.1) is 17.3 Å². The highest BCUT2D eigenvalue weighted by Gasteiger charge is 2.35. The van der Waals surface area contributed by atoms with Crippen LogP contribution in [-0.4, -0.2) is 40.0 Å². The summed E-state index contributed by atoms with van der Waals surface area (Å²) in [5, 5.41) is 6.75. The number of ether oxygens (including phenoxy) is 1. The normalized spacial score (nSPS) is 19.3. The minimum atomic E-state index is -0.227. The Bertz CT molecular complexity index is 832. The van der Waals surface area contributed by atoms with E-state index in [1.165, 1.54) is 0 Å². The van der Waals surface area contributed by atoms with Crippen LogP contribution in [0.25, 0.3) is 0 Å². The van der Waals surface area contributed by atoms with Crippen LogP contribution in [0.3, 0.4) is 0 Å². The number of para-hydroxylation sites is 1. The molecular formula is C17H18N4O4. The zero-order chi connectivity index (χ0) is 17.4. The summed E-state index contributed by atoms with van der Waals surface area (Å²) >= 11 is 0. The number of aryl methyl sites for hydroxylation is 1. The molecule has 3 heterocycles.